The van der Waals surface area contributed by atoms with Gasteiger partial charge in [-0.25, -0.2) is 17.9 Å². The molecule has 3 aromatic rings. The number of nitrogens with zero attached hydrogens (tertiary/aromatic N) is 2. The Balaban J connectivity index is 1.93. The first-order valence-electron chi connectivity index (χ1n) is 11.8. The molecule has 1 heterocycles. The van der Waals surface area contributed by atoms with Gasteiger partial charge in [0.05, 0.1) is 23.4 Å². The third kappa shape index (κ3) is 6.38. The van der Waals surface area contributed by atoms with Crippen LogP contribution in [0.1, 0.15) is 67.8 Å². The number of nitrogens with one attached hydrogen (secondary N) is 1. The van der Waals surface area contributed by atoms with Gasteiger partial charge in [-0.05, 0) is 51.3 Å². The molecule has 188 valence electrons. The van der Waals surface area contributed by atoms with Crippen molar-refractivity contribution in [2.24, 2.45) is 0 Å². The molecule has 0 radical (unpaired) electrons. The molecule has 1 aromatic heterocycles. The van der Waals surface area contributed by atoms with Crippen LogP contribution in [0.2, 0.25) is 0 Å². The predicted octanol–water partition coefficient (Wildman–Crippen LogP) is 5.11. The maximum absolute atomic E-state index is 13.0. The number of esters is 1. The van der Waals surface area contributed by atoms with Gasteiger partial charge in [0.15, 0.2) is 0 Å². The first kappa shape index (κ1) is 26.6. The molecule has 0 atom stereocenters. The van der Waals surface area contributed by atoms with Gasteiger partial charge >= 0.3 is 5.97 Å². The van der Waals surface area contributed by atoms with E-state index in [1.54, 1.807) is 18.2 Å². The standard InChI is InChI=1S/C27H35N3O4S/c1-7-8-17-30-19(2)25(26(31)34-6)23(28-30)18-20-13-15-21(16-14-20)22-11-9-10-12-24(22)35(32,33)29-27(3,4)5/h9-16,29H,7-8,17-18H2,1-6H3. The van der Waals surface area contributed by atoms with E-state index < -0.39 is 15.6 Å². The zero-order valence-corrected chi connectivity index (χ0v) is 22.2. The van der Waals surface area contributed by atoms with E-state index in [1.165, 1.54) is 7.11 Å². The number of sulfonamides is 1. The van der Waals surface area contributed by atoms with Gasteiger partial charge in [-0.2, -0.15) is 5.10 Å². The molecular weight excluding hydrogens is 462 g/mol. The zero-order valence-electron chi connectivity index (χ0n) is 21.4. The van der Waals surface area contributed by atoms with Crippen LogP contribution in [0.4, 0.5) is 0 Å². The molecule has 0 saturated heterocycles. The summed E-state index contributed by atoms with van der Waals surface area (Å²) in [6, 6.07) is 14.7. The van der Waals surface area contributed by atoms with Gasteiger partial charge in [-0.3, -0.25) is 4.68 Å². The Morgan fingerprint density at radius 3 is 2.34 bits per heavy atom. The minimum Gasteiger partial charge on any atom is -0.465 e. The molecule has 7 nitrogen and oxygen atoms in total. The molecule has 8 heteroatoms. The maximum Gasteiger partial charge on any atom is 0.341 e. The summed E-state index contributed by atoms with van der Waals surface area (Å²) in [7, 11) is -2.32. The molecule has 1 N–H and O–H groups in total. The lowest BCUT2D eigenvalue weighted by Crippen LogP contribution is -2.40. The van der Waals surface area contributed by atoms with Gasteiger partial charge in [0, 0.05) is 24.1 Å². The number of carbonyl (C=O) groups is 1. The van der Waals surface area contributed by atoms with Crippen LogP contribution in [0.3, 0.4) is 0 Å². The lowest BCUT2D eigenvalue weighted by molar-refractivity contribution is 0.0598. The second-order valence-corrected chi connectivity index (χ2v) is 11.4. The topological polar surface area (TPSA) is 90.3 Å². The van der Waals surface area contributed by atoms with Crippen molar-refractivity contribution in [2.45, 2.75) is 70.9 Å². The lowest BCUT2D eigenvalue weighted by atomic mass is 10.0. The fourth-order valence-corrected chi connectivity index (χ4v) is 5.67. The van der Waals surface area contributed by atoms with Crippen LogP contribution in [0.5, 0.6) is 0 Å². The van der Waals surface area contributed by atoms with Crippen molar-refractivity contribution >= 4 is 16.0 Å². The third-order valence-electron chi connectivity index (χ3n) is 5.65. The number of aromatic nitrogens is 2. The van der Waals surface area contributed by atoms with E-state index in [-0.39, 0.29) is 10.9 Å². The Bertz CT molecular complexity index is 1290. The van der Waals surface area contributed by atoms with Crippen molar-refractivity contribution in [2.75, 3.05) is 7.11 Å². The van der Waals surface area contributed by atoms with E-state index in [2.05, 4.69) is 11.6 Å². The molecule has 0 aliphatic carbocycles. The van der Waals surface area contributed by atoms with E-state index in [4.69, 9.17) is 9.84 Å². The quantitative estimate of drug-likeness (QED) is 0.415. The minimum absolute atomic E-state index is 0.237. The largest absolute Gasteiger partial charge is 0.465 e. The predicted molar refractivity (Wildman–Crippen MR) is 138 cm³/mol. The van der Waals surface area contributed by atoms with E-state index >= 15 is 0 Å². The molecule has 0 amide bonds. The molecule has 0 spiro atoms. The average molecular weight is 498 g/mol. The summed E-state index contributed by atoms with van der Waals surface area (Å²) in [5.41, 5.74) is 3.79. The zero-order chi connectivity index (χ0) is 25.8. The number of rotatable bonds is 9. The van der Waals surface area contributed by atoms with Crippen LogP contribution in [0.15, 0.2) is 53.4 Å². The Labute approximate surface area is 208 Å². The number of carbonyl (C=O) groups excluding carboxylic acids is 1. The van der Waals surface area contributed by atoms with Crippen LogP contribution in [-0.2, 0) is 27.7 Å². The molecule has 0 unspecified atom stereocenters. The van der Waals surface area contributed by atoms with Gasteiger partial charge in [-0.15, -0.1) is 0 Å². The fourth-order valence-electron chi connectivity index (χ4n) is 4.02. The summed E-state index contributed by atoms with van der Waals surface area (Å²) in [6.07, 6.45) is 2.48. The number of benzene rings is 2. The van der Waals surface area contributed by atoms with Crippen molar-refractivity contribution in [3.63, 3.8) is 0 Å². The molecule has 0 aliphatic rings. The molecular formula is C27H35N3O4S. The Hall–Kier alpha value is -2.97. The normalized spacial score (nSPS) is 12.1. The van der Waals surface area contributed by atoms with E-state index in [9.17, 15) is 13.2 Å². The molecule has 2 aromatic carbocycles. The van der Waals surface area contributed by atoms with Crippen LogP contribution >= 0.6 is 0 Å². The van der Waals surface area contributed by atoms with Gasteiger partial charge in [0.25, 0.3) is 0 Å². The smallest absolute Gasteiger partial charge is 0.341 e. The summed E-state index contributed by atoms with van der Waals surface area (Å²) in [5, 5.41) is 4.70. The number of hydrogen-bond donors (Lipinski definition) is 1. The van der Waals surface area contributed by atoms with Crippen LogP contribution < -0.4 is 4.72 Å². The van der Waals surface area contributed by atoms with Crippen LogP contribution in [-0.4, -0.2) is 36.8 Å². The molecule has 0 saturated carbocycles. The molecule has 35 heavy (non-hydrogen) atoms. The Morgan fingerprint density at radius 1 is 1.09 bits per heavy atom. The minimum atomic E-state index is -3.70. The maximum atomic E-state index is 13.0. The highest BCUT2D eigenvalue weighted by Crippen LogP contribution is 2.29. The summed E-state index contributed by atoms with van der Waals surface area (Å²) in [5.74, 6) is -0.387. The molecule has 0 aliphatic heterocycles. The summed E-state index contributed by atoms with van der Waals surface area (Å²) in [4.78, 5) is 12.7. The highest BCUT2D eigenvalue weighted by Gasteiger charge is 2.25. The van der Waals surface area contributed by atoms with Gasteiger partial charge in [0.1, 0.15) is 5.56 Å². The lowest BCUT2D eigenvalue weighted by Gasteiger charge is -2.21. The number of aryl methyl sites for hydroxylation is 1. The van der Waals surface area contributed by atoms with Crippen LogP contribution in [0.25, 0.3) is 11.1 Å². The Morgan fingerprint density at radius 2 is 1.74 bits per heavy atom. The van der Waals surface area contributed by atoms with Crippen LogP contribution in [0, 0.1) is 6.92 Å². The van der Waals surface area contributed by atoms with Gasteiger partial charge in [0.2, 0.25) is 10.0 Å². The van der Waals surface area contributed by atoms with Crippen molar-refractivity contribution in [1.82, 2.24) is 14.5 Å². The number of unbranched alkanes of at least 4 members (excludes halogenated alkanes) is 1. The number of hydrogen-bond acceptors (Lipinski definition) is 5. The molecule has 0 bridgehead atoms. The third-order valence-corrected chi connectivity index (χ3v) is 7.46. The summed E-state index contributed by atoms with van der Waals surface area (Å²) in [6.45, 7) is 10.2. The SMILES string of the molecule is CCCCn1nc(Cc2ccc(-c3ccccc3S(=O)(=O)NC(C)(C)C)cc2)c(C(=O)OC)c1C. The summed E-state index contributed by atoms with van der Waals surface area (Å²) >= 11 is 0. The van der Waals surface area contributed by atoms with Gasteiger partial charge < -0.3 is 4.74 Å². The average Bonchev–Trinajstić information content (AvgIpc) is 3.10. The summed E-state index contributed by atoms with van der Waals surface area (Å²) < 4.78 is 35.7. The van der Waals surface area contributed by atoms with E-state index in [1.807, 2.05) is 62.7 Å². The van der Waals surface area contributed by atoms with Crippen molar-refractivity contribution in [3.8, 4) is 11.1 Å². The number of methoxy groups -OCH3 is 1. The van der Waals surface area contributed by atoms with Gasteiger partial charge in [-0.1, -0.05) is 55.8 Å². The first-order chi connectivity index (χ1) is 16.5. The Kier molecular flexibility index (Phi) is 8.18. The second kappa shape index (κ2) is 10.7. The highest BCUT2D eigenvalue weighted by molar-refractivity contribution is 7.89. The molecule has 0 fully saturated rings. The van der Waals surface area contributed by atoms with E-state index in [0.717, 1.165) is 36.2 Å². The van der Waals surface area contributed by atoms with E-state index in [0.29, 0.717) is 23.2 Å². The highest BCUT2D eigenvalue weighted by atomic mass is 32.2. The monoisotopic (exact) mass is 497 g/mol. The fraction of sp³-hybridized carbons (Fsp3) is 0.407. The van der Waals surface area contributed by atoms with Crippen molar-refractivity contribution < 1.29 is 17.9 Å². The van der Waals surface area contributed by atoms with Crippen molar-refractivity contribution in [3.05, 3.63) is 71.0 Å². The second-order valence-electron chi connectivity index (χ2n) is 9.70. The first-order valence-corrected chi connectivity index (χ1v) is 13.3. The number of ether oxygens (including phenoxy) is 1. The molecule has 3 rings (SSSR count). The van der Waals surface area contributed by atoms with Crippen molar-refractivity contribution in [1.29, 1.82) is 0 Å².